The molecule has 0 aliphatic carbocycles. The lowest BCUT2D eigenvalue weighted by atomic mass is 10.3. The van der Waals surface area contributed by atoms with E-state index >= 15 is 0 Å². The second kappa shape index (κ2) is 4.94. The molecule has 0 aliphatic rings. The lowest BCUT2D eigenvalue weighted by Crippen LogP contribution is -1.98. The number of aromatic nitrogens is 2. The van der Waals surface area contributed by atoms with Crippen LogP contribution < -0.4 is 5.73 Å². The zero-order chi connectivity index (χ0) is 11.5. The number of hydrogen-bond donors (Lipinski definition) is 1. The number of carbonyl (C=O) groups excluding carboxylic acids is 1. The molecule has 4 nitrogen and oxygen atoms in total. The molecule has 2 N–H and O–H groups in total. The third kappa shape index (κ3) is 2.81. The molecule has 0 bridgehead atoms. The Labute approximate surface area is 105 Å². The summed E-state index contributed by atoms with van der Waals surface area (Å²) in [4.78, 5) is 13.7. The highest BCUT2D eigenvalue weighted by molar-refractivity contribution is 8.01. The van der Waals surface area contributed by atoms with Crippen LogP contribution in [0.1, 0.15) is 14.5 Å². The second-order valence-corrected chi connectivity index (χ2v) is 6.55. The number of anilines is 1. The molecular weight excluding hydrogens is 262 g/mol. The summed E-state index contributed by atoms with van der Waals surface area (Å²) in [5.41, 5.74) is 5.45. The van der Waals surface area contributed by atoms with Crippen molar-refractivity contribution in [3.05, 3.63) is 21.9 Å². The number of thiophene rings is 1. The van der Waals surface area contributed by atoms with Crippen LogP contribution in [0.3, 0.4) is 0 Å². The van der Waals surface area contributed by atoms with E-state index in [0.29, 0.717) is 10.9 Å². The molecule has 2 aromatic rings. The molecule has 2 rings (SSSR count). The summed E-state index contributed by atoms with van der Waals surface area (Å²) in [6, 6.07) is 3.81. The normalized spacial score (nSPS) is 10.6. The number of ketones is 1. The molecule has 0 amide bonds. The van der Waals surface area contributed by atoms with Gasteiger partial charge >= 0.3 is 0 Å². The minimum atomic E-state index is 0.122. The minimum absolute atomic E-state index is 0.122. The summed E-state index contributed by atoms with van der Waals surface area (Å²) in [7, 11) is 0. The van der Waals surface area contributed by atoms with Gasteiger partial charge in [0.1, 0.15) is 0 Å². The Morgan fingerprint density at radius 2 is 2.25 bits per heavy atom. The maximum absolute atomic E-state index is 11.8. The highest BCUT2D eigenvalue weighted by atomic mass is 32.2. The number of Topliss-reactive ketones (excluding diaryl/α,β-unsaturated/α-hetero) is 1. The van der Waals surface area contributed by atoms with E-state index in [0.717, 1.165) is 14.1 Å². The lowest BCUT2D eigenvalue weighted by molar-refractivity contribution is 0.102. The number of nitrogens with zero attached hydrogens (tertiary/aromatic N) is 2. The number of hydrogen-bond acceptors (Lipinski definition) is 7. The van der Waals surface area contributed by atoms with Crippen LogP contribution in [0.5, 0.6) is 0 Å². The van der Waals surface area contributed by atoms with Gasteiger partial charge < -0.3 is 5.73 Å². The van der Waals surface area contributed by atoms with Crippen LogP contribution in [-0.4, -0.2) is 21.7 Å². The Kier molecular flexibility index (Phi) is 3.57. The molecule has 84 valence electrons. The summed E-state index contributed by atoms with van der Waals surface area (Å²) < 4.78 is 0.735. The number of rotatable bonds is 4. The molecule has 0 aliphatic heterocycles. The van der Waals surface area contributed by atoms with Crippen LogP contribution in [0.4, 0.5) is 5.13 Å². The van der Waals surface area contributed by atoms with Crippen molar-refractivity contribution in [3.8, 4) is 0 Å². The van der Waals surface area contributed by atoms with E-state index in [4.69, 9.17) is 5.73 Å². The molecule has 0 spiro atoms. The van der Waals surface area contributed by atoms with E-state index in [9.17, 15) is 4.79 Å². The van der Waals surface area contributed by atoms with E-state index < -0.39 is 0 Å². The zero-order valence-electron chi connectivity index (χ0n) is 8.47. The van der Waals surface area contributed by atoms with E-state index in [-0.39, 0.29) is 5.78 Å². The van der Waals surface area contributed by atoms with Crippen molar-refractivity contribution >= 4 is 45.4 Å². The summed E-state index contributed by atoms with van der Waals surface area (Å²) in [6.07, 6.45) is 0. The van der Waals surface area contributed by atoms with Gasteiger partial charge in [-0.2, -0.15) is 0 Å². The first kappa shape index (κ1) is 11.6. The smallest absolute Gasteiger partial charge is 0.203 e. The van der Waals surface area contributed by atoms with Crippen LogP contribution in [0.15, 0.2) is 16.5 Å². The van der Waals surface area contributed by atoms with E-state index in [1.807, 2.05) is 19.1 Å². The van der Waals surface area contributed by atoms with Gasteiger partial charge in [-0.1, -0.05) is 23.1 Å². The molecule has 0 saturated heterocycles. The van der Waals surface area contributed by atoms with Crippen molar-refractivity contribution in [1.29, 1.82) is 0 Å². The fourth-order valence-corrected chi connectivity index (χ4v) is 3.48. The maximum Gasteiger partial charge on any atom is 0.203 e. The van der Waals surface area contributed by atoms with Gasteiger partial charge in [-0.15, -0.1) is 21.5 Å². The largest absolute Gasteiger partial charge is 0.374 e. The van der Waals surface area contributed by atoms with Gasteiger partial charge in [0, 0.05) is 4.88 Å². The molecule has 0 radical (unpaired) electrons. The van der Waals surface area contributed by atoms with Gasteiger partial charge in [-0.25, -0.2) is 0 Å². The Morgan fingerprint density at radius 1 is 1.44 bits per heavy atom. The van der Waals surface area contributed by atoms with Crippen LogP contribution in [-0.2, 0) is 0 Å². The molecule has 7 heteroatoms. The van der Waals surface area contributed by atoms with Crippen molar-refractivity contribution in [1.82, 2.24) is 10.2 Å². The number of nitrogen functional groups attached to an aromatic ring is 1. The summed E-state index contributed by atoms with van der Waals surface area (Å²) in [5, 5.41) is 7.96. The maximum atomic E-state index is 11.8. The monoisotopic (exact) mass is 271 g/mol. The minimum Gasteiger partial charge on any atom is -0.374 e. The van der Waals surface area contributed by atoms with E-state index in [1.54, 1.807) is 0 Å². The number of aryl methyl sites for hydroxylation is 1. The third-order valence-corrected chi connectivity index (χ3v) is 4.69. The van der Waals surface area contributed by atoms with Gasteiger partial charge in [0.2, 0.25) is 5.13 Å². The van der Waals surface area contributed by atoms with Crippen molar-refractivity contribution in [2.24, 2.45) is 0 Å². The van der Waals surface area contributed by atoms with Gasteiger partial charge in [-0.05, 0) is 19.1 Å². The van der Waals surface area contributed by atoms with Crippen LogP contribution >= 0.6 is 34.4 Å². The van der Waals surface area contributed by atoms with Crippen molar-refractivity contribution in [3.63, 3.8) is 0 Å². The Balaban J connectivity index is 1.93. The predicted octanol–water partition coefficient (Wildman–Crippen LogP) is 2.47. The Bertz CT molecular complexity index is 506. The first-order chi connectivity index (χ1) is 7.65. The van der Waals surface area contributed by atoms with Crippen LogP contribution in [0.2, 0.25) is 0 Å². The molecule has 2 aromatic heterocycles. The highest BCUT2D eigenvalue weighted by Gasteiger charge is 2.10. The Hall–Kier alpha value is -0.920. The summed E-state index contributed by atoms with van der Waals surface area (Å²) >= 11 is 4.19. The molecule has 0 saturated carbocycles. The van der Waals surface area contributed by atoms with Crippen molar-refractivity contribution in [2.75, 3.05) is 11.5 Å². The Morgan fingerprint density at radius 3 is 2.81 bits per heavy atom. The predicted molar refractivity (Wildman–Crippen MR) is 68.4 cm³/mol. The summed E-state index contributed by atoms with van der Waals surface area (Å²) in [5.74, 6) is 0.506. The highest BCUT2D eigenvalue weighted by Crippen LogP contribution is 2.25. The third-order valence-electron chi connectivity index (χ3n) is 1.76. The average Bonchev–Trinajstić information content (AvgIpc) is 2.84. The standard InChI is InChI=1S/C9H9N3OS3/c1-5-2-3-7(15-5)6(13)4-14-9-12-11-8(10)16-9/h2-3H,4H2,1H3,(H2,10,11). The lowest BCUT2D eigenvalue weighted by Gasteiger charge is -1.94. The first-order valence-corrected chi connectivity index (χ1v) is 7.08. The topological polar surface area (TPSA) is 68.9 Å². The fourth-order valence-electron chi connectivity index (χ4n) is 1.06. The van der Waals surface area contributed by atoms with Crippen LogP contribution in [0, 0.1) is 6.92 Å². The molecule has 16 heavy (non-hydrogen) atoms. The molecule has 0 fully saturated rings. The molecule has 2 heterocycles. The van der Waals surface area contributed by atoms with Gasteiger partial charge in [0.15, 0.2) is 10.1 Å². The van der Waals surface area contributed by atoms with Crippen molar-refractivity contribution < 1.29 is 4.79 Å². The molecule has 0 atom stereocenters. The van der Waals surface area contributed by atoms with Crippen LogP contribution in [0.25, 0.3) is 0 Å². The number of carbonyl (C=O) groups is 1. The second-order valence-electron chi connectivity index (χ2n) is 3.03. The first-order valence-electron chi connectivity index (χ1n) is 4.46. The average molecular weight is 271 g/mol. The molecule has 0 unspecified atom stereocenters. The summed E-state index contributed by atoms with van der Waals surface area (Å²) in [6.45, 7) is 1.99. The van der Waals surface area contributed by atoms with E-state index in [2.05, 4.69) is 10.2 Å². The van der Waals surface area contributed by atoms with E-state index in [1.165, 1.54) is 34.4 Å². The fraction of sp³-hybridized carbons (Fsp3) is 0.222. The van der Waals surface area contributed by atoms with Gasteiger partial charge in [0.05, 0.1) is 10.6 Å². The van der Waals surface area contributed by atoms with Gasteiger partial charge in [0.25, 0.3) is 0 Å². The molecular formula is C9H9N3OS3. The van der Waals surface area contributed by atoms with Crippen molar-refractivity contribution in [2.45, 2.75) is 11.3 Å². The zero-order valence-corrected chi connectivity index (χ0v) is 10.9. The number of nitrogens with two attached hydrogens (primary N) is 1. The number of thioether (sulfide) groups is 1. The molecule has 0 aromatic carbocycles. The van der Waals surface area contributed by atoms with Gasteiger partial charge in [-0.3, -0.25) is 4.79 Å². The quantitative estimate of drug-likeness (QED) is 0.683. The SMILES string of the molecule is Cc1ccc(C(=O)CSc2nnc(N)s2)s1.